The Morgan fingerprint density at radius 3 is 1.34 bits per heavy atom. The van der Waals surface area contributed by atoms with Crippen LogP contribution in [0.3, 0.4) is 0 Å². The Hall–Kier alpha value is -0.570. The molecule has 1 N–H and O–H groups in total. The lowest BCUT2D eigenvalue weighted by atomic mass is 10.0. The molecule has 0 fully saturated rings. The predicted molar refractivity (Wildman–Crippen MR) is 125 cm³/mol. The van der Waals surface area contributed by atoms with E-state index in [2.05, 4.69) is 6.92 Å². The molecule has 0 rings (SSSR count). The highest BCUT2D eigenvalue weighted by Crippen LogP contribution is 2.15. The Kier molecular flexibility index (Phi) is 23.2. The molecule has 0 saturated heterocycles. The second-order valence-corrected chi connectivity index (χ2v) is 8.84. The van der Waals surface area contributed by atoms with Crippen LogP contribution in [0, 0.1) is 0 Å². The van der Waals surface area contributed by atoms with Crippen molar-refractivity contribution < 1.29 is 14.6 Å². The lowest BCUT2D eigenvalue weighted by Gasteiger charge is -2.15. The third-order valence-corrected chi connectivity index (χ3v) is 5.84. The number of carbonyl (C=O) groups excluding carboxylic acids is 1. The highest BCUT2D eigenvalue weighted by Gasteiger charge is 2.12. The molecule has 0 amide bonds. The normalized spacial score (nSPS) is 12.2. The van der Waals surface area contributed by atoms with Crippen LogP contribution in [-0.4, -0.2) is 23.8 Å². The van der Waals surface area contributed by atoms with Crippen molar-refractivity contribution >= 4 is 5.97 Å². The first-order chi connectivity index (χ1) is 14.2. The maximum atomic E-state index is 11.5. The van der Waals surface area contributed by atoms with Gasteiger partial charge in [-0.2, -0.15) is 0 Å². The summed E-state index contributed by atoms with van der Waals surface area (Å²) in [5.74, 6) is -0.172. The van der Waals surface area contributed by atoms with Gasteiger partial charge in [0.2, 0.25) is 0 Å². The number of aliphatic hydroxyl groups is 1. The van der Waals surface area contributed by atoms with E-state index in [-0.39, 0.29) is 18.7 Å². The molecule has 3 nitrogen and oxygen atoms in total. The molecule has 1 atom stereocenters. The van der Waals surface area contributed by atoms with E-state index in [4.69, 9.17) is 4.74 Å². The Morgan fingerprint density at radius 2 is 1.00 bits per heavy atom. The number of ether oxygens (including phenoxy) is 1. The monoisotopic (exact) mass is 412 g/mol. The predicted octanol–water partition coefficient (Wildman–Crippen LogP) is 8.12. The third-order valence-electron chi connectivity index (χ3n) is 5.84. The van der Waals surface area contributed by atoms with Crippen LogP contribution in [0.25, 0.3) is 0 Å². The summed E-state index contributed by atoms with van der Waals surface area (Å²) in [5.41, 5.74) is 0. The standard InChI is InChI=1S/C26H52O3/c1-3-5-6-7-8-9-10-11-12-13-14-15-16-17-18-19-20-21-23-25(24-27)29-26(28)22-4-2/h25,27H,3-24H2,1-2H3. The molecule has 0 aromatic heterocycles. The van der Waals surface area contributed by atoms with E-state index in [0.29, 0.717) is 6.42 Å². The minimum Gasteiger partial charge on any atom is -0.460 e. The largest absolute Gasteiger partial charge is 0.460 e. The zero-order valence-electron chi connectivity index (χ0n) is 19.9. The van der Waals surface area contributed by atoms with E-state index >= 15 is 0 Å². The second-order valence-electron chi connectivity index (χ2n) is 8.84. The van der Waals surface area contributed by atoms with Gasteiger partial charge in [0, 0.05) is 6.42 Å². The first-order valence-corrected chi connectivity index (χ1v) is 13.0. The lowest BCUT2D eigenvalue weighted by molar-refractivity contribution is -0.151. The van der Waals surface area contributed by atoms with Crippen LogP contribution >= 0.6 is 0 Å². The van der Waals surface area contributed by atoms with E-state index in [9.17, 15) is 9.90 Å². The highest BCUT2D eigenvalue weighted by atomic mass is 16.5. The summed E-state index contributed by atoms with van der Waals surface area (Å²) in [4.78, 5) is 11.5. The minimum atomic E-state index is -0.296. The fraction of sp³-hybridized carbons (Fsp3) is 0.962. The van der Waals surface area contributed by atoms with Crippen LogP contribution in [0.1, 0.15) is 149 Å². The average Bonchev–Trinajstić information content (AvgIpc) is 2.72. The molecule has 0 radical (unpaired) electrons. The lowest BCUT2D eigenvalue weighted by Crippen LogP contribution is -2.21. The molecule has 0 aliphatic heterocycles. The maximum absolute atomic E-state index is 11.5. The van der Waals surface area contributed by atoms with Crippen molar-refractivity contribution in [3.05, 3.63) is 0 Å². The zero-order chi connectivity index (χ0) is 21.4. The summed E-state index contributed by atoms with van der Waals surface area (Å²) < 4.78 is 5.28. The van der Waals surface area contributed by atoms with Crippen molar-refractivity contribution in [2.45, 2.75) is 155 Å². The van der Waals surface area contributed by atoms with Crippen LogP contribution in [0.4, 0.5) is 0 Å². The average molecular weight is 413 g/mol. The van der Waals surface area contributed by atoms with Gasteiger partial charge >= 0.3 is 5.97 Å². The fourth-order valence-corrected chi connectivity index (χ4v) is 3.91. The Balaban J connectivity index is 3.22. The van der Waals surface area contributed by atoms with Crippen molar-refractivity contribution in [2.24, 2.45) is 0 Å². The first kappa shape index (κ1) is 28.4. The molecular weight excluding hydrogens is 360 g/mol. The van der Waals surface area contributed by atoms with Crippen LogP contribution in [0.2, 0.25) is 0 Å². The van der Waals surface area contributed by atoms with Gasteiger partial charge in [-0.3, -0.25) is 4.79 Å². The molecule has 0 aromatic carbocycles. The molecule has 174 valence electrons. The summed E-state index contributed by atoms with van der Waals surface area (Å²) in [5, 5.41) is 9.31. The molecule has 0 aromatic rings. The molecule has 29 heavy (non-hydrogen) atoms. The van der Waals surface area contributed by atoms with Crippen LogP contribution in [0.15, 0.2) is 0 Å². The summed E-state index contributed by atoms with van der Waals surface area (Å²) in [6.07, 6.45) is 26.4. The number of aliphatic hydroxyl groups excluding tert-OH is 1. The van der Waals surface area contributed by atoms with Crippen molar-refractivity contribution in [1.29, 1.82) is 0 Å². The van der Waals surface area contributed by atoms with Crippen molar-refractivity contribution in [3.8, 4) is 0 Å². The quantitative estimate of drug-likeness (QED) is 0.136. The molecule has 3 heteroatoms. The van der Waals surface area contributed by atoms with E-state index in [1.54, 1.807) is 0 Å². The summed E-state index contributed by atoms with van der Waals surface area (Å²) in [7, 11) is 0. The summed E-state index contributed by atoms with van der Waals surface area (Å²) in [6.45, 7) is 4.20. The smallest absolute Gasteiger partial charge is 0.306 e. The molecular formula is C26H52O3. The number of hydrogen-bond donors (Lipinski definition) is 1. The van der Waals surface area contributed by atoms with Gasteiger partial charge in [0.25, 0.3) is 0 Å². The zero-order valence-corrected chi connectivity index (χ0v) is 19.9. The number of hydrogen-bond acceptors (Lipinski definition) is 3. The van der Waals surface area contributed by atoms with Crippen molar-refractivity contribution in [3.63, 3.8) is 0 Å². The van der Waals surface area contributed by atoms with Gasteiger partial charge in [0.05, 0.1) is 6.61 Å². The van der Waals surface area contributed by atoms with Gasteiger partial charge in [-0.25, -0.2) is 0 Å². The van der Waals surface area contributed by atoms with Gasteiger partial charge < -0.3 is 9.84 Å². The minimum absolute atomic E-state index is 0.0472. The molecule has 0 saturated carbocycles. The molecule has 0 bridgehead atoms. The van der Waals surface area contributed by atoms with Gasteiger partial charge in [-0.05, 0) is 19.3 Å². The number of unbranched alkanes of at least 4 members (excludes halogenated alkanes) is 17. The van der Waals surface area contributed by atoms with E-state index in [1.165, 1.54) is 109 Å². The molecule has 0 heterocycles. The summed E-state index contributed by atoms with van der Waals surface area (Å²) in [6, 6.07) is 0. The van der Waals surface area contributed by atoms with Gasteiger partial charge in [-0.1, -0.05) is 123 Å². The van der Waals surface area contributed by atoms with Crippen LogP contribution < -0.4 is 0 Å². The van der Waals surface area contributed by atoms with Gasteiger partial charge in [-0.15, -0.1) is 0 Å². The molecule has 0 spiro atoms. The van der Waals surface area contributed by atoms with E-state index in [0.717, 1.165) is 19.3 Å². The van der Waals surface area contributed by atoms with Crippen LogP contribution in [-0.2, 0) is 9.53 Å². The molecule has 1 unspecified atom stereocenters. The highest BCUT2D eigenvalue weighted by molar-refractivity contribution is 5.69. The topological polar surface area (TPSA) is 46.5 Å². The number of rotatable bonds is 23. The Morgan fingerprint density at radius 1 is 0.621 bits per heavy atom. The summed E-state index contributed by atoms with van der Waals surface area (Å²) >= 11 is 0. The van der Waals surface area contributed by atoms with Crippen LogP contribution in [0.5, 0.6) is 0 Å². The van der Waals surface area contributed by atoms with E-state index in [1.807, 2.05) is 6.92 Å². The van der Waals surface area contributed by atoms with Gasteiger partial charge in [0.15, 0.2) is 0 Å². The Bertz CT molecular complexity index is 330. The third kappa shape index (κ3) is 21.9. The van der Waals surface area contributed by atoms with E-state index < -0.39 is 0 Å². The maximum Gasteiger partial charge on any atom is 0.306 e. The molecule has 0 aliphatic rings. The molecule has 0 aliphatic carbocycles. The van der Waals surface area contributed by atoms with Gasteiger partial charge in [0.1, 0.15) is 6.10 Å². The SMILES string of the molecule is CCCCCCCCCCCCCCCCCCCCC(CO)OC(=O)CCC. The first-order valence-electron chi connectivity index (χ1n) is 13.0. The Labute approximate surface area is 182 Å². The number of carbonyl (C=O) groups is 1. The fourth-order valence-electron chi connectivity index (χ4n) is 3.91. The second kappa shape index (κ2) is 23.7. The van der Waals surface area contributed by atoms with Crippen molar-refractivity contribution in [1.82, 2.24) is 0 Å². The number of esters is 1. The van der Waals surface area contributed by atoms with Crippen molar-refractivity contribution in [2.75, 3.05) is 6.61 Å².